The number of benzene rings is 1. The van der Waals surface area contributed by atoms with Crippen LogP contribution in [0.3, 0.4) is 0 Å². The van der Waals surface area contributed by atoms with E-state index in [4.69, 9.17) is 0 Å². The highest BCUT2D eigenvalue weighted by molar-refractivity contribution is 6.22. The molecule has 0 radical (unpaired) electrons. The Bertz CT molecular complexity index is 711. The second-order valence-electron chi connectivity index (χ2n) is 6.61. The van der Waals surface area contributed by atoms with E-state index in [1.54, 1.807) is 12.1 Å². The van der Waals surface area contributed by atoms with Gasteiger partial charge in [-0.05, 0) is 37.0 Å². The highest BCUT2D eigenvalue weighted by Gasteiger charge is 2.35. The molecular weight excluding hydrogens is 304 g/mol. The number of hydrogen-bond donors (Lipinski definition) is 1. The summed E-state index contributed by atoms with van der Waals surface area (Å²) < 4.78 is 0. The molecule has 24 heavy (non-hydrogen) atoms. The molecule has 1 aliphatic heterocycles. The maximum Gasteiger partial charge on any atom is 0.261 e. The number of carbonyl (C=O) groups is 3. The van der Waals surface area contributed by atoms with Gasteiger partial charge >= 0.3 is 0 Å². The Balaban J connectivity index is 1.80. The number of amides is 3. The first-order valence-corrected chi connectivity index (χ1v) is 8.45. The van der Waals surface area contributed by atoms with Crippen LogP contribution in [-0.4, -0.2) is 35.2 Å². The lowest BCUT2D eigenvalue weighted by Gasteiger charge is -2.29. The third-order valence-electron chi connectivity index (χ3n) is 4.97. The topological polar surface area (TPSA) is 66.5 Å². The van der Waals surface area contributed by atoms with E-state index in [0.29, 0.717) is 22.6 Å². The van der Waals surface area contributed by atoms with E-state index in [9.17, 15) is 14.4 Å². The summed E-state index contributed by atoms with van der Waals surface area (Å²) in [5.74, 6) is -0.416. The van der Waals surface area contributed by atoms with Crippen molar-refractivity contribution in [2.45, 2.75) is 38.6 Å². The Kier molecular flexibility index (Phi) is 4.51. The summed E-state index contributed by atoms with van der Waals surface area (Å²) in [7, 11) is 0. The van der Waals surface area contributed by atoms with Gasteiger partial charge in [0.25, 0.3) is 17.7 Å². The molecule has 126 valence electrons. The summed E-state index contributed by atoms with van der Waals surface area (Å²) >= 11 is 0. The average Bonchev–Trinajstić information content (AvgIpc) is 2.82. The van der Waals surface area contributed by atoms with E-state index in [-0.39, 0.29) is 30.3 Å². The average molecular weight is 326 g/mol. The van der Waals surface area contributed by atoms with Crippen LogP contribution in [0.2, 0.25) is 0 Å². The maximum atomic E-state index is 12.5. The van der Waals surface area contributed by atoms with Gasteiger partial charge in [-0.1, -0.05) is 25.8 Å². The summed E-state index contributed by atoms with van der Waals surface area (Å²) in [4.78, 5) is 38.2. The molecular formula is C19H22N2O3. The number of carbonyl (C=O) groups excluding carboxylic acids is 3. The largest absolute Gasteiger partial charge is 0.349 e. The predicted octanol–water partition coefficient (Wildman–Crippen LogP) is 2.78. The van der Waals surface area contributed by atoms with Crippen molar-refractivity contribution in [1.82, 2.24) is 10.2 Å². The van der Waals surface area contributed by atoms with Crippen LogP contribution in [0, 0.1) is 5.92 Å². The van der Waals surface area contributed by atoms with Crippen LogP contribution in [-0.2, 0) is 0 Å². The summed E-state index contributed by atoms with van der Waals surface area (Å²) in [5.41, 5.74) is 1.07. The zero-order valence-electron chi connectivity index (χ0n) is 13.9. The number of imide groups is 1. The zero-order chi connectivity index (χ0) is 17.3. The molecule has 3 rings (SSSR count). The van der Waals surface area contributed by atoms with Crippen LogP contribution < -0.4 is 5.32 Å². The number of hydrogen-bond acceptors (Lipinski definition) is 3. The summed E-state index contributed by atoms with van der Waals surface area (Å²) in [6, 6.07) is 4.89. The molecule has 0 spiro atoms. The van der Waals surface area contributed by atoms with Crippen molar-refractivity contribution in [1.29, 1.82) is 0 Å². The summed E-state index contributed by atoms with van der Waals surface area (Å²) in [6.45, 7) is 5.89. The van der Waals surface area contributed by atoms with E-state index < -0.39 is 0 Å². The van der Waals surface area contributed by atoms with E-state index in [2.05, 4.69) is 18.8 Å². The van der Waals surface area contributed by atoms with Crippen molar-refractivity contribution in [3.05, 3.63) is 47.5 Å². The van der Waals surface area contributed by atoms with Crippen LogP contribution in [0.15, 0.2) is 30.9 Å². The number of fused-ring (bicyclic) bond motifs is 1. The lowest BCUT2D eigenvalue weighted by atomic mass is 9.86. The summed E-state index contributed by atoms with van der Waals surface area (Å²) in [5, 5.41) is 3.07. The molecule has 0 bridgehead atoms. The minimum Gasteiger partial charge on any atom is -0.349 e. The van der Waals surface area contributed by atoms with Crippen molar-refractivity contribution in [2.75, 3.05) is 6.54 Å². The molecule has 0 aromatic heterocycles. The van der Waals surface area contributed by atoms with Gasteiger partial charge in [0, 0.05) is 18.2 Å². The van der Waals surface area contributed by atoms with E-state index >= 15 is 0 Å². The van der Waals surface area contributed by atoms with Gasteiger partial charge in [-0.15, -0.1) is 6.58 Å². The molecule has 3 amide bonds. The highest BCUT2D eigenvalue weighted by Crippen LogP contribution is 2.26. The van der Waals surface area contributed by atoms with Gasteiger partial charge in [0.2, 0.25) is 0 Å². The normalized spacial score (nSPS) is 23.1. The van der Waals surface area contributed by atoms with Crippen molar-refractivity contribution in [3.63, 3.8) is 0 Å². The second-order valence-corrected chi connectivity index (χ2v) is 6.61. The quantitative estimate of drug-likeness (QED) is 0.683. The fraction of sp³-hybridized carbons (Fsp3) is 0.421. The first-order chi connectivity index (χ1) is 11.5. The molecule has 0 unspecified atom stereocenters. The van der Waals surface area contributed by atoms with Crippen molar-refractivity contribution < 1.29 is 14.4 Å². The number of rotatable bonds is 4. The van der Waals surface area contributed by atoms with Gasteiger partial charge in [-0.25, -0.2) is 0 Å². The lowest BCUT2D eigenvalue weighted by molar-refractivity contribution is 0.0672. The molecule has 5 heteroatoms. The summed E-state index contributed by atoms with van der Waals surface area (Å²) in [6.07, 6.45) is 5.96. The molecule has 1 aliphatic carbocycles. The van der Waals surface area contributed by atoms with Crippen LogP contribution in [0.5, 0.6) is 0 Å². The van der Waals surface area contributed by atoms with Gasteiger partial charge in [0.05, 0.1) is 11.1 Å². The molecule has 1 heterocycles. The van der Waals surface area contributed by atoms with Crippen LogP contribution in [0.1, 0.15) is 63.7 Å². The van der Waals surface area contributed by atoms with Gasteiger partial charge in [-0.3, -0.25) is 19.3 Å². The van der Waals surface area contributed by atoms with E-state index in [1.807, 2.05) is 0 Å². The predicted molar refractivity (Wildman–Crippen MR) is 90.9 cm³/mol. The third-order valence-corrected chi connectivity index (χ3v) is 4.97. The molecule has 1 aromatic rings. The highest BCUT2D eigenvalue weighted by atomic mass is 16.2. The Morgan fingerprint density at radius 1 is 1.25 bits per heavy atom. The Labute approximate surface area is 141 Å². The Morgan fingerprint density at radius 2 is 1.96 bits per heavy atom. The smallest absolute Gasteiger partial charge is 0.261 e. The van der Waals surface area contributed by atoms with Gasteiger partial charge in [0.1, 0.15) is 0 Å². The minimum atomic E-state index is -0.365. The molecule has 2 aliphatic rings. The van der Waals surface area contributed by atoms with Gasteiger partial charge in [0.15, 0.2) is 0 Å². The SMILES string of the molecule is C=CCN1C(=O)c2ccc(C(=O)N[C@H]3CCCC[C@@H]3C)cc2C1=O. The molecule has 1 fully saturated rings. The van der Waals surface area contributed by atoms with Crippen LogP contribution >= 0.6 is 0 Å². The first-order valence-electron chi connectivity index (χ1n) is 8.45. The minimum absolute atomic E-state index is 0.174. The second kappa shape index (κ2) is 6.59. The van der Waals surface area contributed by atoms with Crippen molar-refractivity contribution in [2.24, 2.45) is 5.92 Å². The van der Waals surface area contributed by atoms with E-state index in [1.165, 1.54) is 18.6 Å². The van der Waals surface area contributed by atoms with Gasteiger partial charge in [-0.2, -0.15) is 0 Å². The number of nitrogens with one attached hydrogen (secondary N) is 1. The maximum absolute atomic E-state index is 12.5. The fourth-order valence-corrected chi connectivity index (χ4v) is 3.51. The third kappa shape index (κ3) is 2.86. The molecule has 1 saturated carbocycles. The lowest BCUT2D eigenvalue weighted by Crippen LogP contribution is -2.41. The first kappa shape index (κ1) is 16.4. The molecule has 2 atom stereocenters. The van der Waals surface area contributed by atoms with Crippen molar-refractivity contribution in [3.8, 4) is 0 Å². The fourth-order valence-electron chi connectivity index (χ4n) is 3.51. The van der Waals surface area contributed by atoms with Crippen LogP contribution in [0.25, 0.3) is 0 Å². The molecule has 5 nitrogen and oxygen atoms in total. The standard InChI is InChI=1S/C19H22N2O3/c1-3-10-21-18(23)14-9-8-13(11-15(14)19(21)24)17(22)20-16-7-5-4-6-12(16)2/h3,8-9,11-12,16H,1,4-7,10H2,2H3,(H,20,22)/t12-,16-/m0/s1. The monoisotopic (exact) mass is 326 g/mol. The van der Waals surface area contributed by atoms with Crippen LogP contribution in [0.4, 0.5) is 0 Å². The molecule has 1 N–H and O–H groups in total. The number of nitrogens with zero attached hydrogens (tertiary/aromatic N) is 1. The molecule has 0 saturated heterocycles. The zero-order valence-corrected chi connectivity index (χ0v) is 13.9. The van der Waals surface area contributed by atoms with Crippen molar-refractivity contribution >= 4 is 17.7 Å². The Hall–Kier alpha value is -2.43. The van der Waals surface area contributed by atoms with Gasteiger partial charge < -0.3 is 5.32 Å². The molecule has 1 aromatic carbocycles. The Morgan fingerprint density at radius 3 is 2.67 bits per heavy atom. The van der Waals surface area contributed by atoms with E-state index in [0.717, 1.165) is 24.2 Å².